The molecule has 1 saturated carbocycles. The molecule has 0 aromatic rings. The van der Waals surface area contributed by atoms with E-state index in [1.807, 2.05) is 6.92 Å². The van der Waals surface area contributed by atoms with Crippen molar-refractivity contribution in [3.8, 4) is 0 Å². The van der Waals surface area contributed by atoms with Crippen molar-refractivity contribution in [3.05, 3.63) is 12.2 Å². The molecule has 3 heteroatoms. The van der Waals surface area contributed by atoms with Crippen LogP contribution in [-0.2, 0) is 9.53 Å². The molecular weight excluding hydrogens is 226 g/mol. The number of hydrogen-bond acceptors (Lipinski definition) is 3. The Balaban J connectivity index is 1.96. The van der Waals surface area contributed by atoms with Crippen LogP contribution in [0.4, 0.5) is 0 Å². The van der Waals surface area contributed by atoms with Gasteiger partial charge < -0.3 is 10.1 Å². The van der Waals surface area contributed by atoms with Crippen molar-refractivity contribution < 1.29 is 9.53 Å². The molecule has 102 valence electrons. The van der Waals surface area contributed by atoms with Crippen molar-refractivity contribution in [2.75, 3.05) is 6.61 Å². The zero-order valence-electron chi connectivity index (χ0n) is 11.4. The fourth-order valence-electron chi connectivity index (χ4n) is 3.09. The van der Waals surface area contributed by atoms with E-state index in [4.69, 9.17) is 4.74 Å². The second kappa shape index (κ2) is 6.93. The Kier molecular flexibility index (Phi) is 5.24. The Hall–Kier alpha value is -0.830. The molecule has 2 atom stereocenters. The van der Waals surface area contributed by atoms with E-state index < -0.39 is 0 Å². The van der Waals surface area contributed by atoms with Gasteiger partial charge in [-0.1, -0.05) is 25.0 Å². The zero-order valence-corrected chi connectivity index (χ0v) is 11.4. The summed E-state index contributed by atoms with van der Waals surface area (Å²) in [6.45, 7) is 2.36. The molecular formula is C15H25NO2. The number of nitrogens with one attached hydrogen (secondary N) is 1. The molecule has 2 rings (SSSR count). The van der Waals surface area contributed by atoms with Gasteiger partial charge in [-0.15, -0.1) is 0 Å². The molecule has 2 unspecified atom stereocenters. The minimum absolute atomic E-state index is 0.0512. The van der Waals surface area contributed by atoms with E-state index >= 15 is 0 Å². The van der Waals surface area contributed by atoms with Crippen molar-refractivity contribution in [3.63, 3.8) is 0 Å². The normalized spacial score (nSPS) is 26.2. The van der Waals surface area contributed by atoms with Crippen molar-refractivity contribution in [1.29, 1.82) is 0 Å². The zero-order chi connectivity index (χ0) is 12.8. The third-order valence-electron chi connectivity index (χ3n) is 4.09. The van der Waals surface area contributed by atoms with E-state index in [0.717, 1.165) is 19.3 Å². The summed E-state index contributed by atoms with van der Waals surface area (Å²) >= 11 is 0. The average molecular weight is 251 g/mol. The molecule has 3 nitrogen and oxygen atoms in total. The Labute approximate surface area is 110 Å². The summed E-state index contributed by atoms with van der Waals surface area (Å²) in [4.78, 5) is 12.1. The van der Waals surface area contributed by atoms with Gasteiger partial charge in [0.1, 0.15) is 6.04 Å². The summed E-state index contributed by atoms with van der Waals surface area (Å²) in [5, 5.41) is 3.56. The lowest BCUT2D eigenvalue weighted by Gasteiger charge is -2.29. The molecule has 1 fully saturated rings. The average Bonchev–Trinajstić information content (AvgIpc) is 2.90. The fourth-order valence-corrected chi connectivity index (χ4v) is 3.09. The molecule has 0 amide bonds. The van der Waals surface area contributed by atoms with Gasteiger partial charge in [-0.3, -0.25) is 4.79 Å². The fraction of sp³-hybridized carbons (Fsp3) is 0.800. The standard InChI is InChI=1S/C15H25NO2/c1-2-18-15(17)14(12-8-4-3-5-9-12)16-13-10-6-7-11-13/h3-4,12-14,16H,2,5-11H2,1H3. The van der Waals surface area contributed by atoms with Gasteiger partial charge in [0.25, 0.3) is 0 Å². The number of carbonyl (C=O) groups excluding carboxylic acids is 1. The van der Waals surface area contributed by atoms with E-state index in [1.165, 1.54) is 25.7 Å². The van der Waals surface area contributed by atoms with E-state index in [9.17, 15) is 4.79 Å². The van der Waals surface area contributed by atoms with Crippen LogP contribution in [0.1, 0.15) is 51.9 Å². The topological polar surface area (TPSA) is 38.3 Å². The minimum Gasteiger partial charge on any atom is -0.465 e. The van der Waals surface area contributed by atoms with Crippen LogP contribution in [0.3, 0.4) is 0 Å². The number of rotatable bonds is 5. The molecule has 0 spiro atoms. The molecule has 0 heterocycles. The van der Waals surface area contributed by atoms with E-state index in [2.05, 4.69) is 17.5 Å². The summed E-state index contributed by atoms with van der Waals surface area (Å²) < 4.78 is 5.24. The van der Waals surface area contributed by atoms with Gasteiger partial charge in [0.05, 0.1) is 6.61 Å². The Morgan fingerprint density at radius 2 is 2.11 bits per heavy atom. The highest BCUT2D eigenvalue weighted by Crippen LogP contribution is 2.25. The quantitative estimate of drug-likeness (QED) is 0.603. The summed E-state index contributed by atoms with van der Waals surface area (Å²) in [5.74, 6) is 0.361. The summed E-state index contributed by atoms with van der Waals surface area (Å²) in [5.41, 5.74) is 0. The second-order valence-corrected chi connectivity index (χ2v) is 5.42. The van der Waals surface area contributed by atoms with Crippen LogP contribution in [0.25, 0.3) is 0 Å². The number of carbonyl (C=O) groups is 1. The van der Waals surface area contributed by atoms with Gasteiger partial charge in [0.2, 0.25) is 0 Å². The van der Waals surface area contributed by atoms with Gasteiger partial charge in [-0.2, -0.15) is 0 Å². The minimum atomic E-state index is -0.0991. The summed E-state index contributed by atoms with van der Waals surface area (Å²) in [7, 11) is 0. The molecule has 2 aliphatic carbocycles. The highest BCUT2D eigenvalue weighted by molar-refractivity contribution is 5.76. The van der Waals surface area contributed by atoms with Crippen LogP contribution < -0.4 is 5.32 Å². The highest BCUT2D eigenvalue weighted by Gasteiger charge is 2.32. The predicted octanol–water partition coefficient (Wildman–Crippen LogP) is 2.81. The van der Waals surface area contributed by atoms with Crippen LogP contribution in [0.2, 0.25) is 0 Å². The molecule has 0 aromatic heterocycles. The lowest BCUT2D eigenvalue weighted by atomic mass is 9.87. The van der Waals surface area contributed by atoms with Gasteiger partial charge in [-0.25, -0.2) is 0 Å². The highest BCUT2D eigenvalue weighted by atomic mass is 16.5. The van der Waals surface area contributed by atoms with Crippen molar-refractivity contribution in [1.82, 2.24) is 5.32 Å². The lowest BCUT2D eigenvalue weighted by molar-refractivity contribution is -0.147. The molecule has 0 aliphatic heterocycles. The van der Waals surface area contributed by atoms with Crippen LogP contribution in [-0.4, -0.2) is 24.7 Å². The van der Waals surface area contributed by atoms with E-state index in [1.54, 1.807) is 0 Å². The third kappa shape index (κ3) is 3.58. The molecule has 0 saturated heterocycles. The lowest BCUT2D eigenvalue weighted by Crippen LogP contribution is -2.48. The third-order valence-corrected chi connectivity index (χ3v) is 4.09. The van der Waals surface area contributed by atoms with Crippen LogP contribution >= 0.6 is 0 Å². The number of ether oxygens (including phenoxy) is 1. The maximum atomic E-state index is 12.1. The van der Waals surface area contributed by atoms with Gasteiger partial charge >= 0.3 is 5.97 Å². The Morgan fingerprint density at radius 3 is 2.72 bits per heavy atom. The van der Waals surface area contributed by atoms with Crippen molar-refractivity contribution in [2.24, 2.45) is 5.92 Å². The van der Waals surface area contributed by atoms with Crippen LogP contribution in [0.5, 0.6) is 0 Å². The van der Waals surface area contributed by atoms with Crippen molar-refractivity contribution >= 4 is 5.97 Å². The molecule has 18 heavy (non-hydrogen) atoms. The first kappa shape index (κ1) is 13.6. The SMILES string of the molecule is CCOC(=O)C(NC1CCCC1)C1CC=CCC1. The first-order valence-electron chi connectivity index (χ1n) is 7.39. The first-order valence-corrected chi connectivity index (χ1v) is 7.39. The summed E-state index contributed by atoms with van der Waals surface area (Å²) in [6.07, 6.45) is 12.6. The Bertz CT molecular complexity index is 295. The molecule has 0 bridgehead atoms. The van der Waals surface area contributed by atoms with Gasteiger partial charge in [0.15, 0.2) is 0 Å². The largest absolute Gasteiger partial charge is 0.465 e. The van der Waals surface area contributed by atoms with Gasteiger partial charge in [0, 0.05) is 6.04 Å². The Morgan fingerprint density at radius 1 is 1.33 bits per heavy atom. The predicted molar refractivity (Wildman–Crippen MR) is 72.3 cm³/mol. The van der Waals surface area contributed by atoms with Gasteiger partial charge in [-0.05, 0) is 44.9 Å². The second-order valence-electron chi connectivity index (χ2n) is 5.42. The maximum Gasteiger partial charge on any atom is 0.323 e. The van der Waals surface area contributed by atoms with E-state index in [0.29, 0.717) is 18.6 Å². The van der Waals surface area contributed by atoms with Crippen LogP contribution in [0, 0.1) is 5.92 Å². The van der Waals surface area contributed by atoms with E-state index in [-0.39, 0.29) is 12.0 Å². The number of allylic oxidation sites excluding steroid dienone is 2. The maximum absolute atomic E-state index is 12.1. The molecule has 0 radical (unpaired) electrons. The number of hydrogen-bond donors (Lipinski definition) is 1. The molecule has 1 N–H and O–H groups in total. The molecule has 2 aliphatic rings. The van der Waals surface area contributed by atoms with Crippen molar-refractivity contribution in [2.45, 2.75) is 64.0 Å². The van der Waals surface area contributed by atoms with Crippen LogP contribution in [0.15, 0.2) is 12.2 Å². The monoisotopic (exact) mass is 251 g/mol. The first-order chi connectivity index (χ1) is 8.81. The smallest absolute Gasteiger partial charge is 0.323 e. The summed E-state index contributed by atoms with van der Waals surface area (Å²) in [6, 6.07) is 0.420. The number of esters is 1. The molecule has 0 aromatic carbocycles.